The number of rotatable bonds is 5. The van der Waals surface area contributed by atoms with E-state index in [-0.39, 0.29) is 12.5 Å². The maximum atomic E-state index is 11.7. The molecule has 1 aromatic rings. The minimum atomic E-state index is -3.36. The highest BCUT2D eigenvalue weighted by Gasteiger charge is 2.15. The molecule has 8 heteroatoms. The van der Waals surface area contributed by atoms with Crippen molar-refractivity contribution in [3.05, 3.63) is 23.8 Å². The first-order chi connectivity index (χ1) is 9.86. The smallest absolute Gasteiger partial charge is 0.235 e. The van der Waals surface area contributed by atoms with Crippen LogP contribution in [0.4, 0.5) is 0 Å². The summed E-state index contributed by atoms with van der Waals surface area (Å²) in [6.45, 7) is 1.12. The minimum Gasteiger partial charge on any atom is -0.486 e. The first-order valence-corrected chi connectivity index (χ1v) is 8.27. The van der Waals surface area contributed by atoms with Crippen LogP contribution < -0.4 is 14.8 Å². The van der Waals surface area contributed by atoms with Gasteiger partial charge in [-0.15, -0.1) is 0 Å². The molecule has 0 radical (unpaired) electrons. The van der Waals surface area contributed by atoms with Crippen molar-refractivity contribution in [2.45, 2.75) is 6.54 Å². The average Bonchev–Trinajstić information content (AvgIpc) is 2.44. The molecule has 0 bridgehead atoms. The van der Waals surface area contributed by atoms with Crippen molar-refractivity contribution < 1.29 is 22.7 Å². The molecule has 1 aliphatic heterocycles. The van der Waals surface area contributed by atoms with Crippen molar-refractivity contribution in [3.63, 3.8) is 0 Å². The number of hydrogen-bond donors (Lipinski definition) is 1. The van der Waals surface area contributed by atoms with E-state index in [1.807, 2.05) is 6.07 Å². The molecule has 116 valence electrons. The number of ether oxygens (including phenoxy) is 2. The fraction of sp³-hybridized carbons (Fsp3) is 0.462. The number of fused-ring (bicyclic) bond motifs is 1. The van der Waals surface area contributed by atoms with Crippen molar-refractivity contribution >= 4 is 15.9 Å². The Hall–Kier alpha value is -1.80. The molecule has 0 fully saturated rings. The van der Waals surface area contributed by atoms with Gasteiger partial charge in [-0.3, -0.25) is 4.79 Å². The summed E-state index contributed by atoms with van der Waals surface area (Å²) in [5, 5.41) is 2.67. The number of hydrogen-bond acceptors (Lipinski definition) is 5. The van der Waals surface area contributed by atoms with Gasteiger partial charge in [0.1, 0.15) is 13.2 Å². The zero-order valence-electron chi connectivity index (χ0n) is 12.0. The SMILES string of the molecule is CN(CC(=O)NCc1ccc2c(c1)OCCO2)S(C)(=O)=O. The number of likely N-dealkylation sites (N-methyl/N-ethyl adjacent to an activating group) is 1. The number of benzene rings is 1. The minimum absolute atomic E-state index is 0.205. The normalized spacial score (nSPS) is 14.0. The van der Waals surface area contributed by atoms with Gasteiger partial charge < -0.3 is 14.8 Å². The Kier molecular flexibility index (Phi) is 4.69. The van der Waals surface area contributed by atoms with E-state index in [4.69, 9.17) is 9.47 Å². The Labute approximate surface area is 123 Å². The van der Waals surface area contributed by atoms with Crippen molar-refractivity contribution in [3.8, 4) is 11.5 Å². The second-order valence-electron chi connectivity index (χ2n) is 4.77. The number of amides is 1. The molecule has 0 aromatic heterocycles. The van der Waals surface area contributed by atoms with Crippen LogP contribution in [0.2, 0.25) is 0 Å². The number of carbonyl (C=O) groups is 1. The van der Waals surface area contributed by atoms with Crippen molar-refractivity contribution in [1.29, 1.82) is 0 Å². The molecule has 2 rings (SSSR count). The van der Waals surface area contributed by atoms with Crippen LogP contribution in [0, 0.1) is 0 Å². The standard InChI is InChI=1S/C13H18N2O5S/c1-15(21(2,17)18)9-13(16)14-8-10-3-4-11-12(7-10)20-6-5-19-11/h3-4,7H,5-6,8-9H2,1-2H3,(H,14,16). The third kappa shape index (κ3) is 4.33. The molecule has 0 spiro atoms. The van der Waals surface area contributed by atoms with E-state index in [1.54, 1.807) is 12.1 Å². The maximum Gasteiger partial charge on any atom is 0.235 e. The largest absolute Gasteiger partial charge is 0.486 e. The predicted molar refractivity (Wildman–Crippen MR) is 76.8 cm³/mol. The predicted octanol–water partition coefficient (Wildman–Crippen LogP) is -0.0346. The van der Waals surface area contributed by atoms with Crippen LogP contribution in [0.25, 0.3) is 0 Å². The third-order valence-corrected chi connectivity index (χ3v) is 4.29. The molecule has 0 atom stereocenters. The quantitative estimate of drug-likeness (QED) is 0.825. The van der Waals surface area contributed by atoms with E-state index in [9.17, 15) is 13.2 Å². The molecule has 0 unspecified atom stereocenters. The lowest BCUT2D eigenvalue weighted by molar-refractivity contribution is -0.121. The van der Waals surface area contributed by atoms with Gasteiger partial charge in [-0.1, -0.05) is 6.07 Å². The first kappa shape index (κ1) is 15.6. The van der Waals surface area contributed by atoms with Gasteiger partial charge in [-0.2, -0.15) is 4.31 Å². The van der Waals surface area contributed by atoms with Gasteiger partial charge in [0.25, 0.3) is 0 Å². The second kappa shape index (κ2) is 6.31. The highest BCUT2D eigenvalue weighted by molar-refractivity contribution is 7.88. The Morgan fingerprint density at radius 2 is 1.95 bits per heavy atom. The number of nitrogens with one attached hydrogen (secondary N) is 1. The Morgan fingerprint density at radius 3 is 2.62 bits per heavy atom. The summed E-state index contributed by atoms with van der Waals surface area (Å²) in [6, 6.07) is 5.42. The fourth-order valence-corrected chi connectivity index (χ4v) is 2.13. The van der Waals surface area contributed by atoms with Gasteiger partial charge in [-0.05, 0) is 17.7 Å². The van der Waals surface area contributed by atoms with Gasteiger partial charge in [-0.25, -0.2) is 8.42 Å². The van der Waals surface area contributed by atoms with Crippen LogP contribution in [0.5, 0.6) is 11.5 Å². The number of sulfonamides is 1. The Bertz CT molecular complexity index is 629. The second-order valence-corrected chi connectivity index (χ2v) is 6.86. The fourth-order valence-electron chi connectivity index (χ4n) is 1.77. The molecular weight excluding hydrogens is 296 g/mol. The van der Waals surface area contributed by atoms with Gasteiger partial charge in [0, 0.05) is 13.6 Å². The highest BCUT2D eigenvalue weighted by Crippen LogP contribution is 2.30. The summed E-state index contributed by atoms with van der Waals surface area (Å²) in [5.74, 6) is 0.979. The summed E-state index contributed by atoms with van der Waals surface area (Å²) in [6.07, 6.45) is 1.06. The molecule has 1 amide bonds. The van der Waals surface area contributed by atoms with Gasteiger partial charge >= 0.3 is 0 Å². The molecule has 0 aliphatic carbocycles. The molecule has 1 aliphatic rings. The summed E-state index contributed by atoms with van der Waals surface area (Å²) < 4.78 is 34.3. The molecular formula is C13H18N2O5S. The maximum absolute atomic E-state index is 11.7. The monoisotopic (exact) mass is 314 g/mol. The molecule has 1 N–H and O–H groups in total. The molecule has 0 saturated heterocycles. The lowest BCUT2D eigenvalue weighted by Gasteiger charge is -2.19. The van der Waals surface area contributed by atoms with Gasteiger partial charge in [0.05, 0.1) is 12.8 Å². The van der Waals surface area contributed by atoms with Crippen molar-refractivity contribution in [2.75, 3.05) is 33.1 Å². The zero-order valence-corrected chi connectivity index (χ0v) is 12.8. The number of nitrogens with zero attached hydrogens (tertiary/aromatic N) is 1. The Balaban J connectivity index is 1.90. The van der Waals surface area contributed by atoms with Gasteiger partial charge in [0.2, 0.25) is 15.9 Å². The molecule has 21 heavy (non-hydrogen) atoms. The zero-order chi connectivity index (χ0) is 15.5. The average molecular weight is 314 g/mol. The van der Waals surface area contributed by atoms with Crippen LogP contribution in [-0.4, -0.2) is 51.7 Å². The summed E-state index contributed by atoms with van der Waals surface area (Å²) in [5.41, 5.74) is 0.856. The lowest BCUT2D eigenvalue weighted by Crippen LogP contribution is -2.37. The van der Waals surface area contributed by atoms with Crippen LogP contribution in [0.1, 0.15) is 5.56 Å². The van der Waals surface area contributed by atoms with Crippen molar-refractivity contribution in [2.24, 2.45) is 0 Å². The Morgan fingerprint density at radius 1 is 1.29 bits per heavy atom. The first-order valence-electron chi connectivity index (χ1n) is 6.43. The van der Waals surface area contributed by atoms with Crippen LogP contribution in [0.3, 0.4) is 0 Å². The van der Waals surface area contributed by atoms with Crippen LogP contribution >= 0.6 is 0 Å². The van der Waals surface area contributed by atoms with E-state index in [1.165, 1.54) is 7.05 Å². The van der Waals surface area contributed by atoms with E-state index < -0.39 is 10.0 Å². The summed E-state index contributed by atoms with van der Waals surface area (Å²) in [7, 11) is -2.00. The topological polar surface area (TPSA) is 84.9 Å². The van der Waals surface area contributed by atoms with Gasteiger partial charge in [0.15, 0.2) is 11.5 Å². The van der Waals surface area contributed by atoms with E-state index in [2.05, 4.69) is 5.32 Å². The third-order valence-electron chi connectivity index (χ3n) is 3.03. The summed E-state index contributed by atoms with van der Waals surface area (Å²) >= 11 is 0. The van der Waals surface area contributed by atoms with Crippen LogP contribution in [0.15, 0.2) is 18.2 Å². The van der Waals surface area contributed by atoms with Crippen molar-refractivity contribution in [1.82, 2.24) is 9.62 Å². The molecule has 0 saturated carbocycles. The molecule has 7 nitrogen and oxygen atoms in total. The molecule has 1 heterocycles. The van der Waals surface area contributed by atoms with E-state index >= 15 is 0 Å². The van der Waals surface area contributed by atoms with E-state index in [0.717, 1.165) is 16.1 Å². The van der Waals surface area contributed by atoms with Crippen LogP contribution in [-0.2, 0) is 21.4 Å². The lowest BCUT2D eigenvalue weighted by atomic mass is 10.2. The van der Waals surface area contributed by atoms with E-state index in [0.29, 0.717) is 31.3 Å². The highest BCUT2D eigenvalue weighted by atomic mass is 32.2. The molecule has 1 aromatic carbocycles. The number of carbonyl (C=O) groups excluding carboxylic acids is 1. The summed E-state index contributed by atoms with van der Waals surface area (Å²) in [4.78, 5) is 11.7.